The number of rotatable bonds is 1. The first-order chi connectivity index (χ1) is 6.91. The van der Waals surface area contributed by atoms with Gasteiger partial charge in [0.2, 0.25) is 0 Å². The summed E-state index contributed by atoms with van der Waals surface area (Å²) in [6.45, 7) is 0.709. The molecule has 0 aliphatic carbocycles. The van der Waals surface area contributed by atoms with Gasteiger partial charge in [-0.25, -0.2) is 9.59 Å². The molecule has 1 rings (SSSR count). The maximum absolute atomic E-state index is 11.7. The van der Waals surface area contributed by atoms with Crippen LogP contribution in [0.5, 0.6) is 0 Å². The highest BCUT2D eigenvalue weighted by Crippen LogP contribution is 2.17. The van der Waals surface area contributed by atoms with Crippen LogP contribution in [0.2, 0.25) is 0 Å². The first-order valence-electron chi connectivity index (χ1n) is 4.06. The third-order valence-electron chi connectivity index (χ3n) is 1.62. The summed E-state index contributed by atoms with van der Waals surface area (Å²) >= 11 is 0. The van der Waals surface area contributed by atoms with Gasteiger partial charge in [-0.3, -0.25) is 0 Å². The molecule has 0 saturated carbocycles. The molecule has 1 aliphatic rings. The van der Waals surface area contributed by atoms with Crippen molar-refractivity contribution in [3.05, 3.63) is 0 Å². The van der Waals surface area contributed by atoms with E-state index in [4.69, 9.17) is 4.74 Å². The zero-order valence-electron chi connectivity index (χ0n) is 7.47. The maximum atomic E-state index is 11.7. The van der Waals surface area contributed by atoms with E-state index in [9.17, 15) is 22.8 Å². The fourth-order valence-corrected chi connectivity index (χ4v) is 0.932. The second-order valence-corrected chi connectivity index (χ2v) is 2.77. The van der Waals surface area contributed by atoms with E-state index in [0.717, 1.165) is 0 Å². The molecule has 5 nitrogen and oxygen atoms in total. The zero-order valence-corrected chi connectivity index (χ0v) is 7.47. The molecule has 15 heavy (non-hydrogen) atoms. The van der Waals surface area contributed by atoms with E-state index in [-0.39, 0.29) is 13.2 Å². The highest BCUT2D eigenvalue weighted by atomic mass is 19.4. The minimum atomic E-state index is -5.17. The second kappa shape index (κ2) is 4.58. The van der Waals surface area contributed by atoms with Crippen molar-refractivity contribution in [2.24, 2.45) is 0 Å². The predicted molar refractivity (Wildman–Crippen MR) is 39.8 cm³/mol. The number of carbonyl (C=O) groups excluding carboxylic acids is 2. The Morgan fingerprint density at radius 1 is 1.40 bits per heavy atom. The van der Waals surface area contributed by atoms with Crippen molar-refractivity contribution in [1.29, 1.82) is 0 Å². The van der Waals surface area contributed by atoms with Crippen molar-refractivity contribution in [2.45, 2.75) is 12.3 Å². The molecule has 0 amide bonds. The largest absolute Gasteiger partial charge is 0.491 e. The molecule has 86 valence electrons. The molecule has 8 heteroatoms. The molecule has 1 saturated heterocycles. The van der Waals surface area contributed by atoms with Crippen molar-refractivity contribution < 1.29 is 32.2 Å². The topological polar surface area (TPSA) is 64.6 Å². The summed E-state index contributed by atoms with van der Waals surface area (Å²) in [5.41, 5.74) is 0. The fraction of sp³-hybridized carbons (Fsp3) is 0.714. The van der Waals surface area contributed by atoms with Crippen molar-refractivity contribution in [3.8, 4) is 0 Å². The Kier molecular flexibility index (Phi) is 3.64. The van der Waals surface area contributed by atoms with Gasteiger partial charge >= 0.3 is 18.1 Å². The van der Waals surface area contributed by atoms with E-state index in [0.29, 0.717) is 6.54 Å². The Morgan fingerprint density at radius 3 is 2.53 bits per heavy atom. The molecule has 1 N–H and O–H groups in total. The molecule has 1 aliphatic heterocycles. The molecule has 0 aromatic rings. The summed E-state index contributed by atoms with van der Waals surface area (Å²) in [5, 5.41) is 2.71. The van der Waals surface area contributed by atoms with Gasteiger partial charge in [-0.15, -0.1) is 0 Å². The molecular weight excluding hydrogens is 219 g/mol. The number of hydrogen-bond donors (Lipinski definition) is 1. The van der Waals surface area contributed by atoms with Gasteiger partial charge in [0, 0.05) is 13.1 Å². The number of nitrogens with one attached hydrogen (secondary N) is 1. The highest BCUT2D eigenvalue weighted by Gasteiger charge is 2.43. The van der Waals surface area contributed by atoms with Crippen LogP contribution in [0, 0.1) is 0 Å². The molecular formula is C7H8F3NO4. The van der Waals surface area contributed by atoms with E-state index < -0.39 is 24.2 Å². The minimum absolute atomic E-state index is 0.0317. The minimum Gasteiger partial charge on any atom is -0.384 e. The van der Waals surface area contributed by atoms with Crippen molar-refractivity contribution in [2.75, 3.05) is 19.7 Å². The number of carbonyl (C=O) groups is 2. The Hall–Kier alpha value is -1.15. The van der Waals surface area contributed by atoms with Crippen LogP contribution in [0.3, 0.4) is 0 Å². The van der Waals surface area contributed by atoms with Gasteiger partial charge in [-0.05, 0) is 0 Å². The van der Waals surface area contributed by atoms with Crippen LogP contribution in [0.1, 0.15) is 0 Å². The van der Waals surface area contributed by atoms with Gasteiger partial charge < -0.3 is 14.8 Å². The van der Waals surface area contributed by atoms with Crippen molar-refractivity contribution in [1.82, 2.24) is 5.32 Å². The molecule has 0 radical (unpaired) electrons. The first kappa shape index (κ1) is 11.9. The summed E-state index contributed by atoms with van der Waals surface area (Å²) in [4.78, 5) is 21.2. The standard InChI is InChI=1S/C7H8F3NO4/c8-7(9,10)6(13)15-5(12)4-3-11-1-2-14-4/h4,11H,1-3H2. The molecule has 1 fully saturated rings. The summed E-state index contributed by atoms with van der Waals surface area (Å²) in [6, 6.07) is 0. The van der Waals surface area contributed by atoms with E-state index in [1.807, 2.05) is 0 Å². The third-order valence-corrected chi connectivity index (χ3v) is 1.62. The van der Waals surface area contributed by atoms with Gasteiger partial charge in [-0.2, -0.15) is 13.2 Å². The SMILES string of the molecule is O=C(OC(=O)C(F)(F)F)C1CNCCO1. The number of hydrogen-bond acceptors (Lipinski definition) is 5. The average Bonchev–Trinajstić information content (AvgIpc) is 2.17. The molecule has 1 atom stereocenters. The molecule has 1 heterocycles. The first-order valence-corrected chi connectivity index (χ1v) is 4.06. The molecule has 1 unspecified atom stereocenters. The second-order valence-electron chi connectivity index (χ2n) is 2.77. The van der Waals surface area contributed by atoms with Crippen LogP contribution in [-0.2, 0) is 19.1 Å². The molecule has 0 spiro atoms. The number of alkyl halides is 3. The van der Waals surface area contributed by atoms with Crippen molar-refractivity contribution in [3.63, 3.8) is 0 Å². The van der Waals surface area contributed by atoms with E-state index in [1.165, 1.54) is 0 Å². The monoisotopic (exact) mass is 227 g/mol. The van der Waals surface area contributed by atoms with Gasteiger partial charge in [-0.1, -0.05) is 0 Å². The zero-order chi connectivity index (χ0) is 11.5. The quantitative estimate of drug-likeness (QED) is 0.488. The Bertz CT molecular complexity index is 259. The Balaban J connectivity index is 2.44. The van der Waals surface area contributed by atoms with Gasteiger partial charge in [0.05, 0.1) is 6.61 Å². The van der Waals surface area contributed by atoms with E-state index in [2.05, 4.69) is 10.1 Å². The maximum Gasteiger partial charge on any atom is 0.491 e. The molecule has 0 aromatic heterocycles. The lowest BCUT2D eigenvalue weighted by molar-refractivity contribution is -0.205. The summed E-state index contributed by atoms with van der Waals surface area (Å²) < 4.78 is 43.5. The number of esters is 2. The van der Waals surface area contributed by atoms with Gasteiger partial charge in [0.25, 0.3) is 0 Å². The summed E-state index contributed by atoms with van der Waals surface area (Å²) in [5.74, 6) is -3.86. The van der Waals surface area contributed by atoms with Crippen LogP contribution in [0.25, 0.3) is 0 Å². The summed E-state index contributed by atoms with van der Waals surface area (Å²) in [7, 11) is 0. The Labute approximate surface area is 82.5 Å². The summed E-state index contributed by atoms with van der Waals surface area (Å²) in [6.07, 6.45) is -6.33. The van der Waals surface area contributed by atoms with Crippen LogP contribution in [0.4, 0.5) is 13.2 Å². The lowest BCUT2D eigenvalue weighted by atomic mass is 10.3. The van der Waals surface area contributed by atoms with Gasteiger partial charge in [0.1, 0.15) is 0 Å². The lowest BCUT2D eigenvalue weighted by Crippen LogP contribution is -2.45. The predicted octanol–water partition coefficient (Wildman–Crippen LogP) is -0.393. The number of morpholine rings is 1. The highest BCUT2D eigenvalue weighted by molar-refractivity contribution is 5.90. The normalized spacial score (nSPS) is 22.2. The molecule has 0 bridgehead atoms. The van der Waals surface area contributed by atoms with Crippen LogP contribution in [-0.4, -0.2) is 43.9 Å². The van der Waals surface area contributed by atoms with Crippen molar-refractivity contribution >= 4 is 11.9 Å². The van der Waals surface area contributed by atoms with Crippen LogP contribution < -0.4 is 5.32 Å². The molecule has 0 aromatic carbocycles. The third kappa shape index (κ3) is 3.48. The van der Waals surface area contributed by atoms with Crippen LogP contribution >= 0.6 is 0 Å². The van der Waals surface area contributed by atoms with E-state index >= 15 is 0 Å². The lowest BCUT2D eigenvalue weighted by Gasteiger charge is -2.21. The van der Waals surface area contributed by atoms with E-state index in [1.54, 1.807) is 0 Å². The van der Waals surface area contributed by atoms with Gasteiger partial charge in [0.15, 0.2) is 6.10 Å². The Morgan fingerprint density at radius 2 is 2.07 bits per heavy atom. The average molecular weight is 227 g/mol. The fourth-order valence-electron chi connectivity index (χ4n) is 0.932. The smallest absolute Gasteiger partial charge is 0.384 e. The van der Waals surface area contributed by atoms with Crippen LogP contribution in [0.15, 0.2) is 0 Å². The number of halogens is 3. The number of ether oxygens (including phenoxy) is 2.